The summed E-state index contributed by atoms with van der Waals surface area (Å²) in [6.45, 7) is 0.851. The molecule has 0 saturated carbocycles. The maximum atomic E-state index is 11.2. The monoisotopic (exact) mass is 256 g/mol. The molecule has 0 saturated heterocycles. The largest absolute Gasteiger partial charge is 0.324 e. The van der Waals surface area contributed by atoms with Gasteiger partial charge in [0.25, 0.3) is 0 Å². The van der Waals surface area contributed by atoms with Crippen molar-refractivity contribution in [3.63, 3.8) is 0 Å². The van der Waals surface area contributed by atoms with E-state index in [4.69, 9.17) is 11.6 Å². The van der Waals surface area contributed by atoms with Crippen molar-refractivity contribution in [3.8, 4) is 0 Å². The average molecular weight is 257 g/mol. The molecule has 0 aliphatic carbocycles. The number of nitrogens with one attached hydrogen (secondary N) is 2. The number of fused-ring (bicyclic) bond motifs is 1. The van der Waals surface area contributed by atoms with Crippen LogP contribution >= 0.6 is 23.4 Å². The summed E-state index contributed by atoms with van der Waals surface area (Å²) < 4.78 is 0. The van der Waals surface area contributed by atoms with Crippen molar-refractivity contribution in [2.24, 2.45) is 0 Å². The Morgan fingerprint density at radius 3 is 3.19 bits per heavy atom. The molecule has 0 aromatic heterocycles. The highest BCUT2D eigenvalue weighted by atomic mass is 35.5. The van der Waals surface area contributed by atoms with Gasteiger partial charge in [0.1, 0.15) is 0 Å². The first-order valence-electron chi connectivity index (χ1n) is 5.12. The van der Waals surface area contributed by atoms with Gasteiger partial charge in [0.15, 0.2) is 0 Å². The summed E-state index contributed by atoms with van der Waals surface area (Å²) in [5.74, 6) is 0.591. The first-order chi connectivity index (χ1) is 7.79. The zero-order chi connectivity index (χ0) is 11.4. The third-order valence-corrected chi connectivity index (χ3v) is 3.62. The van der Waals surface area contributed by atoms with Crippen molar-refractivity contribution in [2.75, 3.05) is 23.6 Å². The molecule has 16 heavy (non-hydrogen) atoms. The molecule has 0 unspecified atom stereocenters. The van der Waals surface area contributed by atoms with Crippen LogP contribution in [0.4, 0.5) is 5.69 Å². The number of amides is 1. The summed E-state index contributed by atoms with van der Waals surface area (Å²) in [5, 5.41) is 5.94. The highest BCUT2D eigenvalue weighted by Crippen LogP contribution is 2.31. The normalized spacial score (nSPS) is 14.4. The molecule has 1 aliphatic rings. The van der Waals surface area contributed by atoms with E-state index < -0.39 is 0 Å². The van der Waals surface area contributed by atoms with E-state index in [-0.39, 0.29) is 5.91 Å². The van der Waals surface area contributed by atoms with E-state index in [1.807, 2.05) is 6.07 Å². The lowest BCUT2D eigenvalue weighted by Crippen LogP contribution is -2.19. The number of halogens is 1. The topological polar surface area (TPSA) is 41.1 Å². The Kier molecular flexibility index (Phi) is 4.09. The van der Waals surface area contributed by atoms with E-state index in [0.717, 1.165) is 23.5 Å². The third kappa shape index (κ3) is 2.90. The van der Waals surface area contributed by atoms with E-state index in [1.165, 1.54) is 5.56 Å². The maximum Gasteiger partial charge on any atom is 0.234 e. The lowest BCUT2D eigenvalue weighted by atomic mass is 10.1. The van der Waals surface area contributed by atoms with E-state index in [0.29, 0.717) is 11.8 Å². The number of hydrogen-bond donors (Lipinski definition) is 2. The molecule has 1 amide bonds. The van der Waals surface area contributed by atoms with Gasteiger partial charge in [0.2, 0.25) is 5.91 Å². The fourth-order valence-corrected chi connectivity index (χ4v) is 2.51. The SMILES string of the molecule is O=C1CSc2ccc(CCNCCl)cc2N1. The number of hydrogen-bond acceptors (Lipinski definition) is 3. The number of benzene rings is 1. The summed E-state index contributed by atoms with van der Waals surface area (Å²) in [7, 11) is 0. The van der Waals surface area contributed by atoms with Gasteiger partial charge in [-0.25, -0.2) is 0 Å². The molecule has 0 bridgehead atoms. The van der Waals surface area contributed by atoms with Gasteiger partial charge in [-0.2, -0.15) is 0 Å². The van der Waals surface area contributed by atoms with Crippen molar-refractivity contribution in [2.45, 2.75) is 11.3 Å². The van der Waals surface area contributed by atoms with Crippen LogP contribution < -0.4 is 10.6 Å². The quantitative estimate of drug-likeness (QED) is 0.492. The zero-order valence-electron chi connectivity index (χ0n) is 8.75. The van der Waals surface area contributed by atoms with Gasteiger partial charge in [-0.15, -0.1) is 23.4 Å². The molecule has 1 heterocycles. The van der Waals surface area contributed by atoms with Crippen LogP contribution in [0, 0.1) is 0 Å². The Hall–Kier alpha value is -0.710. The molecule has 2 rings (SSSR count). The van der Waals surface area contributed by atoms with Crippen LogP contribution in [0.25, 0.3) is 0 Å². The van der Waals surface area contributed by atoms with Crippen molar-refractivity contribution in [3.05, 3.63) is 23.8 Å². The van der Waals surface area contributed by atoms with Crippen LogP contribution in [0.2, 0.25) is 0 Å². The van der Waals surface area contributed by atoms with Crippen molar-refractivity contribution in [1.82, 2.24) is 5.32 Å². The summed E-state index contributed by atoms with van der Waals surface area (Å²) >= 11 is 7.12. The second kappa shape index (κ2) is 5.57. The van der Waals surface area contributed by atoms with Crippen LogP contribution in [0.1, 0.15) is 5.56 Å². The molecule has 0 fully saturated rings. The van der Waals surface area contributed by atoms with E-state index in [9.17, 15) is 4.79 Å². The number of thioether (sulfide) groups is 1. The fourth-order valence-electron chi connectivity index (χ4n) is 1.59. The van der Waals surface area contributed by atoms with Gasteiger partial charge in [-0.1, -0.05) is 6.07 Å². The fraction of sp³-hybridized carbons (Fsp3) is 0.364. The van der Waals surface area contributed by atoms with Gasteiger partial charge < -0.3 is 10.6 Å². The maximum absolute atomic E-state index is 11.2. The predicted molar refractivity (Wildman–Crippen MR) is 68.2 cm³/mol. The van der Waals surface area contributed by atoms with Gasteiger partial charge in [-0.05, 0) is 24.1 Å². The van der Waals surface area contributed by atoms with Crippen LogP contribution in [-0.4, -0.2) is 24.2 Å². The molecular weight excluding hydrogens is 244 g/mol. The molecule has 86 valence electrons. The van der Waals surface area contributed by atoms with Crippen molar-refractivity contribution >= 4 is 35.0 Å². The van der Waals surface area contributed by atoms with Gasteiger partial charge >= 0.3 is 0 Å². The first-order valence-corrected chi connectivity index (χ1v) is 6.64. The lowest BCUT2D eigenvalue weighted by molar-refractivity contribution is -0.113. The second-order valence-corrected chi connectivity index (χ2v) is 4.84. The molecule has 0 spiro atoms. The summed E-state index contributed by atoms with van der Waals surface area (Å²) in [5.41, 5.74) is 2.14. The summed E-state index contributed by atoms with van der Waals surface area (Å²) in [6.07, 6.45) is 0.917. The molecule has 0 atom stereocenters. The van der Waals surface area contributed by atoms with E-state index >= 15 is 0 Å². The third-order valence-electron chi connectivity index (χ3n) is 2.36. The summed E-state index contributed by atoms with van der Waals surface area (Å²) in [6, 6.07) is 6.67. The summed E-state index contributed by atoms with van der Waals surface area (Å²) in [4.78, 5) is 12.4. The van der Waals surface area contributed by atoms with E-state index in [1.54, 1.807) is 11.8 Å². The van der Waals surface area contributed by atoms with Crippen LogP contribution in [0.15, 0.2) is 23.1 Å². The van der Waals surface area contributed by atoms with Crippen molar-refractivity contribution in [1.29, 1.82) is 0 Å². The predicted octanol–water partition coefficient (Wildman–Crippen LogP) is 2.06. The Morgan fingerprint density at radius 2 is 2.38 bits per heavy atom. The van der Waals surface area contributed by atoms with Crippen LogP contribution in [0.3, 0.4) is 0 Å². The Morgan fingerprint density at radius 1 is 1.50 bits per heavy atom. The Labute approximate surface area is 104 Å². The zero-order valence-corrected chi connectivity index (χ0v) is 10.3. The smallest absolute Gasteiger partial charge is 0.234 e. The highest BCUT2D eigenvalue weighted by molar-refractivity contribution is 8.00. The number of rotatable bonds is 4. The molecule has 3 nitrogen and oxygen atoms in total. The molecule has 1 aromatic rings. The van der Waals surface area contributed by atoms with Gasteiger partial charge in [0, 0.05) is 11.4 Å². The van der Waals surface area contributed by atoms with Gasteiger partial charge in [0.05, 0.1) is 17.4 Å². The van der Waals surface area contributed by atoms with Gasteiger partial charge in [-0.3, -0.25) is 4.79 Å². The number of alkyl halides is 1. The second-order valence-electron chi connectivity index (χ2n) is 3.55. The number of anilines is 1. The number of carbonyl (C=O) groups excluding carboxylic acids is 1. The van der Waals surface area contributed by atoms with E-state index in [2.05, 4.69) is 22.8 Å². The minimum absolute atomic E-state index is 0.0773. The average Bonchev–Trinajstić information content (AvgIpc) is 2.29. The molecule has 5 heteroatoms. The first kappa shape index (κ1) is 11.8. The van der Waals surface area contributed by atoms with Crippen LogP contribution in [0.5, 0.6) is 0 Å². The van der Waals surface area contributed by atoms with Crippen LogP contribution in [-0.2, 0) is 11.2 Å². The lowest BCUT2D eigenvalue weighted by Gasteiger charge is -2.17. The molecule has 1 aliphatic heterocycles. The Balaban J connectivity index is 2.06. The standard InChI is InChI=1S/C11H13ClN2OS/c12-7-13-4-3-8-1-2-10-9(5-8)14-11(15)6-16-10/h1-2,5,13H,3-4,6-7H2,(H,14,15). The molecular formula is C11H13ClN2OS. The minimum Gasteiger partial charge on any atom is -0.324 e. The molecule has 2 N–H and O–H groups in total. The number of carbonyl (C=O) groups is 1. The minimum atomic E-state index is 0.0773. The Bertz CT molecular complexity index is 398. The van der Waals surface area contributed by atoms with Crippen molar-refractivity contribution < 1.29 is 4.79 Å². The highest BCUT2D eigenvalue weighted by Gasteiger charge is 2.14. The molecule has 0 radical (unpaired) electrons. The molecule has 1 aromatic carbocycles.